The van der Waals surface area contributed by atoms with Crippen LogP contribution in [0.2, 0.25) is 0 Å². The number of methoxy groups -OCH3 is 1. The van der Waals surface area contributed by atoms with E-state index in [9.17, 15) is 10.1 Å². The van der Waals surface area contributed by atoms with Gasteiger partial charge in [0.05, 0.1) is 17.7 Å². The van der Waals surface area contributed by atoms with E-state index in [-0.39, 0.29) is 22.7 Å². The van der Waals surface area contributed by atoms with E-state index in [0.717, 1.165) is 22.1 Å². The molecule has 3 rings (SSSR count). The van der Waals surface area contributed by atoms with Gasteiger partial charge >= 0.3 is 0 Å². The summed E-state index contributed by atoms with van der Waals surface area (Å²) in [6, 6.07) is 14.0. The molecule has 124 valence electrons. The lowest BCUT2D eigenvalue weighted by Gasteiger charge is -2.04. The summed E-state index contributed by atoms with van der Waals surface area (Å²) in [5.41, 5.74) is 2.37. The molecule has 0 unspecified atom stereocenters. The summed E-state index contributed by atoms with van der Waals surface area (Å²) in [5.74, 6) is 0.784. The van der Waals surface area contributed by atoms with Crippen molar-refractivity contribution in [1.29, 1.82) is 0 Å². The highest BCUT2D eigenvalue weighted by Gasteiger charge is 2.10. The quantitative estimate of drug-likeness (QED) is 0.512. The fraction of sp³-hybridized carbons (Fsp3) is 0.0625. The van der Waals surface area contributed by atoms with Crippen LogP contribution < -0.4 is 27.0 Å². The minimum Gasteiger partial charge on any atom is -1.00 e. The molecule has 2 aromatic carbocycles. The predicted molar refractivity (Wildman–Crippen MR) is 90.5 cm³/mol. The lowest BCUT2D eigenvalue weighted by atomic mass is 10.1. The highest BCUT2D eigenvalue weighted by molar-refractivity contribution is 7.14. The Hall–Kier alpha value is -2.45. The van der Waals surface area contributed by atoms with Crippen LogP contribution in [0.5, 0.6) is 5.75 Å². The second kappa shape index (κ2) is 7.89. The molecule has 6 nitrogen and oxygen atoms in total. The van der Waals surface area contributed by atoms with E-state index < -0.39 is 4.92 Å². The van der Waals surface area contributed by atoms with Gasteiger partial charge in [-0.05, 0) is 24.3 Å². The maximum absolute atomic E-state index is 10.8. The monoisotopic (exact) mass is 406 g/mol. The second-order valence-electron chi connectivity index (χ2n) is 4.70. The zero-order valence-corrected chi connectivity index (χ0v) is 15.0. The highest BCUT2D eigenvalue weighted by atomic mass is 79.9. The maximum atomic E-state index is 10.8. The average Bonchev–Trinajstić information content (AvgIpc) is 3.04. The third-order valence-corrected chi connectivity index (χ3v) is 3.96. The van der Waals surface area contributed by atoms with Crippen LogP contribution in [0.15, 0.2) is 53.9 Å². The topological polar surface area (TPSA) is 77.3 Å². The molecule has 3 aromatic rings. The first-order valence-corrected chi connectivity index (χ1v) is 7.65. The molecule has 1 heterocycles. The van der Waals surface area contributed by atoms with Crippen LogP contribution in [-0.4, -0.2) is 17.0 Å². The van der Waals surface area contributed by atoms with Crippen LogP contribution in [0.4, 0.5) is 16.5 Å². The van der Waals surface area contributed by atoms with Gasteiger partial charge in [0.25, 0.3) is 5.69 Å². The van der Waals surface area contributed by atoms with Gasteiger partial charge in [-0.2, -0.15) is 0 Å². The molecule has 0 amide bonds. The minimum absolute atomic E-state index is 0. The van der Waals surface area contributed by atoms with Gasteiger partial charge in [-0.15, -0.1) is 11.3 Å². The Kier molecular flexibility index (Phi) is 5.88. The van der Waals surface area contributed by atoms with Crippen molar-refractivity contribution in [2.75, 3.05) is 12.4 Å². The van der Waals surface area contributed by atoms with Crippen LogP contribution in [-0.2, 0) is 0 Å². The van der Waals surface area contributed by atoms with Crippen LogP contribution in [0, 0.1) is 10.1 Å². The Morgan fingerprint density at radius 1 is 1.21 bits per heavy atom. The van der Waals surface area contributed by atoms with Gasteiger partial charge in [-0.3, -0.25) is 10.1 Å². The van der Waals surface area contributed by atoms with Gasteiger partial charge in [0.2, 0.25) is 0 Å². The van der Waals surface area contributed by atoms with Crippen molar-refractivity contribution in [3.63, 3.8) is 0 Å². The normalized spacial score (nSPS) is 9.88. The zero-order valence-electron chi connectivity index (χ0n) is 12.6. The van der Waals surface area contributed by atoms with E-state index in [2.05, 4.69) is 10.3 Å². The molecule has 1 aromatic heterocycles. The van der Waals surface area contributed by atoms with E-state index in [1.807, 2.05) is 29.6 Å². The second-order valence-corrected chi connectivity index (χ2v) is 5.56. The SMILES string of the molecule is COc1ccc(Nc2nc(-c3cccc([N+](=O)[O-])c3)cs2)cc1.[Br-]. The smallest absolute Gasteiger partial charge is 0.270 e. The fourth-order valence-corrected chi connectivity index (χ4v) is 2.78. The summed E-state index contributed by atoms with van der Waals surface area (Å²) in [7, 11) is 1.62. The first-order chi connectivity index (χ1) is 11.2. The van der Waals surface area contributed by atoms with Crippen molar-refractivity contribution in [3.05, 3.63) is 64.0 Å². The molecule has 0 radical (unpaired) electrons. The van der Waals surface area contributed by atoms with Crippen molar-refractivity contribution < 1.29 is 26.6 Å². The fourth-order valence-electron chi connectivity index (χ4n) is 2.04. The largest absolute Gasteiger partial charge is 1.00 e. The number of ether oxygens (including phenoxy) is 1. The Labute approximate surface area is 153 Å². The lowest BCUT2D eigenvalue weighted by Crippen LogP contribution is -3.00. The number of rotatable bonds is 5. The number of benzene rings is 2. The molecule has 0 aliphatic rings. The number of hydrogen-bond acceptors (Lipinski definition) is 6. The molecule has 0 saturated carbocycles. The Balaban J connectivity index is 0.00000208. The third kappa shape index (κ3) is 4.09. The Morgan fingerprint density at radius 3 is 2.62 bits per heavy atom. The molecule has 24 heavy (non-hydrogen) atoms. The minimum atomic E-state index is -0.410. The van der Waals surface area contributed by atoms with Crippen molar-refractivity contribution in [1.82, 2.24) is 4.98 Å². The summed E-state index contributed by atoms with van der Waals surface area (Å²) in [5, 5.41) is 16.6. The van der Waals surface area contributed by atoms with Gasteiger partial charge in [-0.25, -0.2) is 4.98 Å². The maximum Gasteiger partial charge on any atom is 0.270 e. The van der Waals surface area contributed by atoms with Crippen molar-refractivity contribution in [2.24, 2.45) is 0 Å². The number of aromatic nitrogens is 1. The Morgan fingerprint density at radius 2 is 1.96 bits per heavy atom. The first-order valence-electron chi connectivity index (χ1n) is 6.77. The number of nitrogens with one attached hydrogen (secondary N) is 1. The van der Waals surface area contributed by atoms with Crippen LogP contribution in [0.25, 0.3) is 11.3 Å². The molecular weight excluding hydrogens is 394 g/mol. The van der Waals surface area contributed by atoms with Gasteiger partial charge in [-0.1, -0.05) is 12.1 Å². The molecule has 0 saturated heterocycles. The van der Waals surface area contributed by atoms with Gasteiger partial charge in [0.1, 0.15) is 5.75 Å². The van der Waals surface area contributed by atoms with E-state index in [1.54, 1.807) is 19.2 Å². The van der Waals surface area contributed by atoms with Gasteiger partial charge in [0, 0.05) is 28.8 Å². The summed E-state index contributed by atoms with van der Waals surface area (Å²) < 4.78 is 5.12. The lowest BCUT2D eigenvalue weighted by molar-refractivity contribution is -0.384. The molecule has 0 bridgehead atoms. The number of halogens is 1. The highest BCUT2D eigenvalue weighted by Crippen LogP contribution is 2.29. The first kappa shape index (κ1) is 17.9. The molecule has 8 heteroatoms. The van der Waals surface area contributed by atoms with E-state index in [0.29, 0.717) is 5.69 Å². The van der Waals surface area contributed by atoms with Crippen LogP contribution in [0.1, 0.15) is 0 Å². The zero-order chi connectivity index (χ0) is 16.2. The van der Waals surface area contributed by atoms with Crippen molar-refractivity contribution >= 4 is 27.8 Å². The number of hydrogen-bond donors (Lipinski definition) is 1. The van der Waals surface area contributed by atoms with Crippen molar-refractivity contribution in [2.45, 2.75) is 0 Å². The molecule has 0 aliphatic carbocycles. The number of thiazole rings is 1. The van der Waals surface area contributed by atoms with Crippen LogP contribution in [0.3, 0.4) is 0 Å². The number of nitro groups is 1. The predicted octanol–water partition coefficient (Wildman–Crippen LogP) is 1.47. The number of nitro benzene ring substituents is 1. The van der Waals surface area contributed by atoms with E-state index >= 15 is 0 Å². The summed E-state index contributed by atoms with van der Waals surface area (Å²) in [4.78, 5) is 14.9. The molecule has 0 fully saturated rings. The van der Waals surface area contributed by atoms with Gasteiger partial charge in [0.15, 0.2) is 5.13 Å². The van der Waals surface area contributed by atoms with Crippen LogP contribution >= 0.6 is 11.3 Å². The number of anilines is 2. The Bertz CT molecular complexity index is 837. The number of non-ortho nitro benzene ring substituents is 1. The standard InChI is InChI=1S/C16H13N3O3S.BrH/c1-22-14-7-5-12(6-8-14)17-16-18-15(10-23-16)11-3-2-4-13(9-11)19(20)21;/h2-10H,1H3,(H,17,18);1H/p-1. The molecule has 1 N–H and O–H groups in total. The molecule has 0 atom stereocenters. The number of nitrogens with zero attached hydrogens (tertiary/aromatic N) is 2. The van der Waals surface area contributed by atoms with E-state index in [1.165, 1.54) is 23.5 Å². The molecule has 0 aliphatic heterocycles. The summed E-state index contributed by atoms with van der Waals surface area (Å²) in [6.07, 6.45) is 0. The summed E-state index contributed by atoms with van der Waals surface area (Å²) in [6.45, 7) is 0. The third-order valence-electron chi connectivity index (χ3n) is 3.20. The van der Waals surface area contributed by atoms with Gasteiger partial charge < -0.3 is 27.0 Å². The summed E-state index contributed by atoms with van der Waals surface area (Å²) >= 11 is 1.44. The van der Waals surface area contributed by atoms with E-state index in [4.69, 9.17) is 4.74 Å². The molecular formula is C16H13BrN3O3S-. The average molecular weight is 407 g/mol. The molecule has 0 spiro atoms. The van der Waals surface area contributed by atoms with Crippen molar-refractivity contribution in [3.8, 4) is 17.0 Å².